The van der Waals surface area contributed by atoms with Crippen LogP contribution in [0.4, 0.5) is 16.0 Å². The molecule has 7 heteroatoms. The predicted octanol–water partition coefficient (Wildman–Crippen LogP) is 3.13. The van der Waals surface area contributed by atoms with Crippen LogP contribution in [0.3, 0.4) is 0 Å². The quantitative estimate of drug-likeness (QED) is 0.745. The Morgan fingerprint density at radius 3 is 2.96 bits per heavy atom. The van der Waals surface area contributed by atoms with E-state index in [1.807, 2.05) is 30.4 Å². The number of fused-ring (bicyclic) bond motifs is 1. The third-order valence-corrected chi connectivity index (χ3v) is 3.96. The first-order valence-electron chi connectivity index (χ1n) is 7.80. The Balaban J connectivity index is 1.92. The number of halogens is 1. The molecule has 0 saturated heterocycles. The van der Waals surface area contributed by atoms with Gasteiger partial charge in [-0.1, -0.05) is 24.3 Å². The van der Waals surface area contributed by atoms with Crippen LogP contribution in [0.5, 0.6) is 0 Å². The number of rotatable bonds is 3. The van der Waals surface area contributed by atoms with Crippen molar-refractivity contribution < 1.29 is 4.39 Å². The molecular formula is C18H14FN5O. The minimum absolute atomic E-state index is 0.201. The monoisotopic (exact) mass is 335 g/mol. The zero-order chi connectivity index (χ0) is 17.2. The molecule has 1 unspecified atom stereocenters. The Labute approximate surface area is 142 Å². The second-order valence-electron chi connectivity index (χ2n) is 5.62. The van der Waals surface area contributed by atoms with Crippen LogP contribution in [-0.2, 0) is 0 Å². The first kappa shape index (κ1) is 15.2. The van der Waals surface area contributed by atoms with Crippen LogP contribution in [0.25, 0.3) is 10.9 Å². The zero-order valence-electron chi connectivity index (χ0n) is 13.1. The van der Waals surface area contributed by atoms with Gasteiger partial charge >= 0.3 is 0 Å². The molecule has 25 heavy (non-hydrogen) atoms. The van der Waals surface area contributed by atoms with Crippen molar-refractivity contribution in [1.29, 1.82) is 0 Å². The molecule has 1 aliphatic carbocycles. The lowest BCUT2D eigenvalue weighted by Crippen LogP contribution is -2.28. The molecule has 4 rings (SSSR count). The lowest BCUT2D eigenvalue weighted by molar-refractivity contribution is 0.579. The van der Waals surface area contributed by atoms with Gasteiger partial charge < -0.3 is 5.32 Å². The van der Waals surface area contributed by atoms with Crippen molar-refractivity contribution in [3.05, 3.63) is 77.4 Å². The van der Waals surface area contributed by atoms with Gasteiger partial charge in [-0.25, -0.2) is 9.97 Å². The summed E-state index contributed by atoms with van der Waals surface area (Å²) < 4.78 is 15.0. The summed E-state index contributed by atoms with van der Waals surface area (Å²) in [6, 6.07) is 4.53. The maximum absolute atomic E-state index is 13.5. The first-order chi connectivity index (χ1) is 12.2. The number of pyridine rings is 2. The molecule has 0 aromatic carbocycles. The fourth-order valence-corrected chi connectivity index (χ4v) is 2.80. The molecule has 1 aliphatic rings. The Morgan fingerprint density at radius 2 is 2.20 bits per heavy atom. The van der Waals surface area contributed by atoms with E-state index in [1.165, 1.54) is 10.8 Å². The summed E-state index contributed by atoms with van der Waals surface area (Å²) >= 11 is 0. The van der Waals surface area contributed by atoms with Crippen molar-refractivity contribution in [2.45, 2.75) is 12.5 Å². The van der Waals surface area contributed by atoms with E-state index in [2.05, 4.69) is 20.3 Å². The van der Waals surface area contributed by atoms with Gasteiger partial charge in [-0.2, -0.15) is 4.39 Å². The summed E-state index contributed by atoms with van der Waals surface area (Å²) in [5, 5.41) is 3.33. The maximum Gasteiger partial charge on any atom is 0.263 e. The van der Waals surface area contributed by atoms with E-state index in [0.29, 0.717) is 23.6 Å². The SMILES string of the molecule is O=c1c2cc(F)ncc2nc(Nc2cccnc2)n1C1C=CC=CC1. The zero-order valence-corrected chi connectivity index (χ0v) is 13.1. The van der Waals surface area contributed by atoms with Gasteiger partial charge in [-0.15, -0.1) is 0 Å². The Hall–Kier alpha value is -3.35. The molecule has 0 aliphatic heterocycles. The van der Waals surface area contributed by atoms with Gasteiger partial charge in [0.15, 0.2) is 0 Å². The van der Waals surface area contributed by atoms with Crippen molar-refractivity contribution in [1.82, 2.24) is 19.5 Å². The normalized spacial score (nSPS) is 16.3. The highest BCUT2D eigenvalue weighted by atomic mass is 19.1. The van der Waals surface area contributed by atoms with Gasteiger partial charge in [-0.05, 0) is 18.6 Å². The van der Waals surface area contributed by atoms with Crippen molar-refractivity contribution in [2.75, 3.05) is 5.32 Å². The summed E-state index contributed by atoms with van der Waals surface area (Å²) in [5.41, 5.74) is 0.722. The van der Waals surface area contributed by atoms with Crippen LogP contribution in [-0.4, -0.2) is 19.5 Å². The highest BCUT2D eigenvalue weighted by Gasteiger charge is 2.18. The number of nitrogens with zero attached hydrogens (tertiary/aromatic N) is 4. The van der Waals surface area contributed by atoms with Crippen molar-refractivity contribution >= 4 is 22.5 Å². The highest BCUT2D eigenvalue weighted by molar-refractivity contribution is 5.78. The van der Waals surface area contributed by atoms with E-state index in [1.54, 1.807) is 18.5 Å². The van der Waals surface area contributed by atoms with E-state index in [9.17, 15) is 9.18 Å². The Kier molecular flexibility index (Phi) is 3.81. The summed E-state index contributed by atoms with van der Waals surface area (Å²) in [7, 11) is 0. The number of allylic oxidation sites excluding steroid dienone is 4. The van der Waals surface area contributed by atoms with E-state index >= 15 is 0 Å². The molecule has 1 N–H and O–H groups in total. The molecule has 3 aromatic rings. The largest absolute Gasteiger partial charge is 0.324 e. The fourth-order valence-electron chi connectivity index (χ4n) is 2.80. The molecular weight excluding hydrogens is 321 g/mol. The molecule has 6 nitrogen and oxygen atoms in total. The van der Waals surface area contributed by atoms with Gasteiger partial charge in [0.05, 0.1) is 35.0 Å². The van der Waals surface area contributed by atoms with E-state index in [-0.39, 0.29) is 17.0 Å². The van der Waals surface area contributed by atoms with Crippen molar-refractivity contribution in [2.24, 2.45) is 0 Å². The lowest BCUT2D eigenvalue weighted by atomic mass is 10.1. The maximum atomic E-state index is 13.5. The smallest absolute Gasteiger partial charge is 0.263 e. The number of hydrogen-bond donors (Lipinski definition) is 1. The lowest BCUT2D eigenvalue weighted by Gasteiger charge is -2.21. The number of aromatic nitrogens is 4. The molecule has 1 atom stereocenters. The molecule has 0 radical (unpaired) electrons. The van der Waals surface area contributed by atoms with Crippen LogP contribution < -0.4 is 10.9 Å². The van der Waals surface area contributed by atoms with Gasteiger partial charge in [0.1, 0.15) is 0 Å². The minimum atomic E-state index is -0.704. The van der Waals surface area contributed by atoms with Gasteiger partial charge in [0, 0.05) is 12.3 Å². The molecule has 0 saturated carbocycles. The molecule has 0 fully saturated rings. The summed E-state index contributed by atoms with van der Waals surface area (Å²) in [6.07, 6.45) is 12.9. The molecule has 0 amide bonds. The highest BCUT2D eigenvalue weighted by Crippen LogP contribution is 2.24. The topological polar surface area (TPSA) is 72.7 Å². The molecule has 3 heterocycles. The molecule has 124 valence electrons. The van der Waals surface area contributed by atoms with Crippen LogP contribution in [0.1, 0.15) is 12.5 Å². The van der Waals surface area contributed by atoms with E-state index in [0.717, 1.165) is 6.07 Å². The van der Waals surface area contributed by atoms with E-state index < -0.39 is 5.95 Å². The van der Waals surface area contributed by atoms with Gasteiger partial charge in [-0.3, -0.25) is 14.3 Å². The molecule has 0 spiro atoms. The average Bonchev–Trinajstić information content (AvgIpc) is 2.64. The van der Waals surface area contributed by atoms with Crippen LogP contribution in [0, 0.1) is 5.95 Å². The molecule has 0 bridgehead atoms. The van der Waals surface area contributed by atoms with Crippen molar-refractivity contribution in [3.63, 3.8) is 0 Å². The number of anilines is 2. The van der Waals surface area contributed by atoms with Crippen molar-refractivity contribution in [3.8, 4) is 0 Å². The Bertz CT molecular complexity index is 1040. The second kappa shape index (κ2) is 6.27. The standard InChI is InChI=1S/C18H14FN5O/c19-16-9-14-15(11-21-16)23-18(22-12-5-4-8-20-10-12)24(17(14)25)13-6-2-1-3-7-13/h1-6,8-11,13H,7H2,(H,22,23). The van der Waals surface area contributed by atoms with E-state index in [4.69, 9.17) is 0 Å². The third kappa shape index (κ3) is 2.91. The second-order valence-corrected chi connectivity index (χ2v) is 5.62. The summed E-state index contributed by atoms with van der Waals surface area (Å²) in [6.45, 7) is 0. The minimum Gasteiger partial charge on any atom is -0.324 e. The summed E-state index contributed by atoms with van der Waals surface area (Å²) in [4.78, 5) is 25.1. The molecule has 3 aromatic heterocycles. The van der Waals surface area contributed by atoms with Crippen LogP contribution in [0.15, 0.2) is 65.9 Å². The summed E-state index contributed by atoms with van der Waals surface area (Å²) in [5.74, 6) is -0.339. The first-order valence-corrected chi connectivity index (χ1v) is 7.80. The average molecular weight is 335 g/mol. The third-order valence-electron chi connectivity index (χ3n) is 3.96. The van der Waals surface area contributed by atoms with Gasteiger partial charge in [0.2, 0.25) is 11.9 Å². The van der Waals surface area contributed by atoms with Crippen LogP contribution >= 0.6 is 0 Å². The number of hydrogen-bond acceptors (Lipinski definition) is 5. The predicted molar refractivity (Wildman–Crippen MR) is 93.2 cm³/mol. The fraction of sp³-hybridized carbons (Fsp3) is 0.111. The van der Waals surface area contributed by atoms with Crippen LogP contribution in [0.2, 0.25) is 0 Å². The number of nitrogens with one attached hydrogen (secondary N) is 1. The Morgan fingerprint density at radius 1 is 1.28 bits per heavy atom. The van der Waals surface area contributed by atoms with Gasteiger partial charge in [0.25, 0.3) is 5.56 Å².